The van der Waals surface area contributed by atoms with Gasteiger partial charge in [-0.15, -0.1) is 0 Å². The predicted molar refractivity (Wildman–Crippen MR) is 80.9 cm³/mol. The molecule has 0 spiro atoms. The summed E-state index contributed by atoms with van der Waals surface area (Å²) < 4.78 is 5.81. The van der Waals surface area contributed by atoms with Gasteiger partial charge in [-0.25, -0.2) is 0 Å². The average molecular weight is 358 g/mol. The van der Waals surface area contributed by atoms with Crippen molar-refractivity contribution in [2.24, 2.45) is 0 Å². The number of rotatable bonds is 3. The summed E-state index contributed by atoms with van der Waals surface area (Å²) in [5.41, 5.74) is 2.18. The summed E-state index contributed by atoms with van der Waals surface area (Å²) in [7, 11) is 1.73. The molecule has 4 nitrogen and oxygen atoms in total. The molecule has 0 fully saturated rings. The standard InChI is InChI=1S/C14H14BrClN2O2/c1-8-11(9(2)20-17-8)7-18(3)14(19)10-5-4-6-12(15)13(10)16/h4-6H,7H2,1-3H3. The van der Waals surface area contributed by atoms with E-state index in [-0.39, 0.29) is 5.91 Å². The number of amides is 1. The summed E-state index contributed by atoms with van der Waals surface area (Å²) in [6.45, 7) is 4.12. The highest BCUT2D eigenvalue weighted by Crippen LogP contribution is 2.27. The van der Waals surface area contributed by atoms with Gasteiger partial charge < -0.3 is 9.42 Å². The van der Waals surface area contributed by atoms with Crippen molar-refractivity contribution in [3.8, 4) is 0 Å². The van der Waals surface area contributed by atoms with Gasteiger partial charge in [0, 0.05) is 17.1 Å². The number of benzene rings is 1. The second-order valence-corrected chi connectivity index (χ2v) is 5.80. The highest BCUT2D eigenvalue weighted by atomic mass is 79.9. The van der Waals surface area contributed by atoms with Gasteiger partial charge in [0.05, 0.1) is 22.8 Å². The Bertz CT molecular complexity index is 635. The maximum absolute atomic E-state index is 12.4. The molecule has 0 atom stereocenters. The van der Waals surface area contributed by atoms with Gasteiger partial charge in [-0.05, 0) is 41.9 Å². The van der Waals surface area contributed by atoms with Crippen molar-refractivity contribution in [2.75, 3.05) is 7.05 Å². The van der Waals surface area contributed by atoms with Crippen molar-refractivity contribution < 1.29 is 9.32 Å². The molecule has 0 N–H and O–H groups in total. The Morgan fingerprint density at radius 2 is 2.15 bits per heavy atom. The maximum atomic E-state index is 12.4. The van der Waals surface area contributed by atoms with Gasteiger partial charge in [0.15, 0.2) is 0 Å². The number of carbonyl (C=O) groups excluding carboxylic acids is 1. The first-order valence-corrected chi connectivity index (χ1v) is 7.20. The summed E-state index contributed by atoms with van der Waals surface area (Å²) in [5.74, 6) is 0.582. The molecule has 0 aliphatic carbocycles. The molecule has 1 aromatic carbocycles. The molecule has 1 aromatic heterocycles. The third kappa shape index (κ3) is 2.88. The van der Waals surface area contributed by atoms with Crippen molar-refractivity contribution >= 4 is 33.4 Å². The molecule has 0 bridgehead atoms. The Morgan fingerprint density at radius 3 is 2.75 bits per heavy atom. The van der Waals surface area contributed by atoms with Crippen molar-refractivity contribution in [1.82, 2.24) is 10.1 Å². The van der Waals surface area contributed by atoms with Crippen LogP contribution >= 0.6 is 27.5 Å². The lowest BCUT2D eigenvalue weighted by Crippen LogP contribution is -2.27. The van der Waals surface area contributed by atoms with Crippen LogP contribution in [0.15, 0.2) is 27.2 Å². The molecule has 20 heavy (non-hydrogen) atoms. The van der Waals surface area contributed by atoms with Gasteiger partial charge >= 0.3 is 0 Å². The maximum Gasteiger partial charge on any atom is 0.255 e. The number of nitrogens with zero attached hydrogens (tertiary/aromatic N) is 2. The van der Waals surface area contributed by atoms with E-state index in [1.165, 1.54) is 0 Å². The van der Waals surface area contributed by atoms with E-state index in [0.29, 0.717) is 21.6 Å². The van der Waals surface area contributed by atoms with Crippen LogP contribution in [0.4, 0.5) is 0 Å². The second-order valence-electron chi connectivity index (χ2n) is 4.57. The van der Waals surface area contributed by atoms with E-state index in [0.717, 1.165) is 17.0 Å². The summed E-state index contributed by atoms with van der Waals surface area (Å²) in [5, 5.41) is 4.31. The van der Waals surface area contributed by atoms with Gasteiger partial charge in [0.1, 0.15) is 5.76 Å². The van der Waals surface area contributed by atoms with Gasteiger partial charge in [0.2, 0.25) is 0 Å². The van der Waals surface area contributed by atoms with E-state index in [1.807, 2.05) is 13.8 Å². The van der Waals surface area contributed by atoms with Crippen molar-refractivity contribution in [3.63, 3.8) is 0 Å². The van der Waals surface area contributed by atoms with Crippen LogP contribution in [0.5, 0.6) is 0 Å². The van der Waals surface area contributed by atoms with Crippen LogP contribution in [0.25, 0.3) is 0 Å². The highest BCUT2D eigenvalue weighted by Gasteiger charge is 2.19. The number of aryl methyl sites for hydroxylation is 2. The van der Waals surface area contributed by atoms with Crippen LogP contribution in [0, 0.1) is 13.8 Å². The predicted octanol–water partition coefficient (Wildman–Crippen LogP) is 3.98. The zero-order chi connectivity index (χ0) is 14.9. The number of halogens is 2. The Morgan fingerprint density at radius 1 is 1.45 bits per heavy atom. The Balaban J connectivity index is 2.23. The molecule has 0 aliphatic rings. The Labute approximate surface area is 130 Å². The van der Waals surface area contributed by atoms with Gasteiger partial charge in [-0.1, -0.05) is 22.8 Å². The molecule has 0 aliphatic heterocycles. The SMILES string of the molecule is Cc1noc(C)c1CN(C)C(=O)c1cccc(Br)c1Cl. The largest absolute Gasteiger partial charge is 0.361 e. The number of aromatic nitrogens is 1. The smallest absolute Gasteiger partial charge is 0.255 e. The topological polar surface area (TPSA) is 46.3 Å². The molecule has 1 amide bonds. The third-order valence-electron chi connectivity index (χ3n) is 3.11. The lowest BCUT2D eigenvalue weighted by molar-refractivity contribution is 0.0784. The monoisotopic (exact) mass is 356 g/mol. The highest BCUT2D eigenvalue weighted by molar-refractivity contribution is 9.10. The van der Waals surface area contributed by atoms with Crippen LogP contribution in [0.2, 0.25) is 5.02 Å². The van der Waals surface area contributed by atoms with Crippen LogP contribution in [0.3, 0.4) is 0 Å². The quantitative estimate of drug-likeness (QED) is 0.834. The van der Waals surface area contributed by atoms with Gasteiger partial charge in [-0.3, -0.25) is 4.79 Å². The zero-order valence-corrected chi connectivity index (χ0v) is 13.7. The molecular formula is C14H14BrClN2O2. The molecule has 0 saturated heterocycles. The average Bonchev–Trinajstić information content (AvgIpc) is 2.73. The first-order chi connectivity index (χ1) is 9.41. The van der Waals surface area contributed by atoms with E-state index < -0.39 is 0 Å². The first-order valence-electron chi connectivity index (χ1n) is 6.03. The summed E-state index contributed by atoms with van der Waals surface area (Å²) in [6, 6.07) is 5.29. The van der Waals surface area contributed by atoms with E-state index >= 15 is 0 Å². The van der Waals surface area contributed by atoms with Crippen molar-refractivity contribution in [1.29, 1.82) is 0 Å². The third-order valence-corrected chi connectivity index (χ3v) is 4.40. The molecule has 0 unspecified atom stereocenters. The van der Waals surface area contributed by atoms with E-state index in [2.05, 4.69) is 21.1 Å². The van der Waals surface area contributed by atoms with E-state index in [1.54, 1.807) is 30.1 Å². The lowest BCUT2D eigenvalue weighted by atomic mass is 10.1. The molecular weight excluding hydrogens is 344 g/mol. The fraction of sp³-hybridized carbons (Fsp3) is 0.286. The molecule has 0 radical (unpaired) electrons. The Kier molecular flexibility index (Phi) is 4.50. The summed E-state index contributed by atoms with van der Waals surface area (Å²) in [6.07, 6.45) is 0. The van der Waals surface area contributed by atoms with Crippen LogP contribution < -0.4 is 0 Å². The zero-order valence-electron chi connectivity index (χ0n) is 11.4. The minimum atomic E-state index is -0.142. The van der Waals surface area contributed by atoms with Gasteiger partial charge in [0.25, 0.3) is 5.91 Å². The fourth-order valence-electron chi connectivity index (χ4n) is 1.91. The number of hydrogen-bond acceptors (Lipinski definition) is 3. The Hall–Kier alpha value is -1.33. The van der Waals surface area contributed by atoms with Crippen LogP contribution in [0.1, 0.15) is 27.4 Å². The van der Waals surface area contributed by atoms with E-state index in [4.69, 9.17) is 16.1 Å². The molecule has 0 saturated carbocycles. The van der Waals surface area contributed by atoms with E-state index in [9.17, 15) is 4.79 Å². The lowest BCUT2D eigenvalue weighted by Gasteiger charge is -2.18. The molecule has 2 rings (SSSR count). The minimum absolute atomic E-state index is 0.142. The first kappa shape index (κ1) is 15.1. The minimum Gasteiger partial charge on any atom is -0.361 e. The summed E-state index contributed by atoms with van der Waals surface area (Å²) in [4.78, 5) is 14.0. The van der Waals surface area contributed by atoms with Crippen molar-refractivity contribution in [3.05, 3.63) is 50.3 Å². The summed E-state index contributed by atoms with van der Waals surface area (Å²) >= 11 is 9.47. The number of hydrogen-bond donors (Lipinski definition) is 0. The molecule has 106 valence electrons. The van der Waals surface area contributed by atoms with Crippen LogP contribution in [-0.2, 0) is 6.54 Å². The van der Waals surface area contributed by atoms with Crippen molar-refractivity contribution in [2.45, 2.75) is 20.4 Å². The molecule has 6 heteroatoms. The second kappa shape index (κ2) is 5.97. The van der Waals surface area contributed by atoms with Gasteiger partial charge in [-0.2, -0.15) is 0 Å². The number of carbonyl (C=O) groups is 1. The molecule has 1 heterocycles. The fourth-order valence-corrected chi connectivity index (χ4v) is 2.48. The molecule has 2 aromatic rings. The van der Waals surface area contributed by atoms with Crippen LogP contribution in [-0.4, -0.2) is 23.0 Å². The normalized spacial score (nSPS) is 10.7.